The van der Waals surface area contributed by atoms with E-state index >= 15 is 0 Å². The Labute approximate surface area is 72.7 Å². The van der Waals surface area contributed by atoms with Crippen molar-refractivity contribution in [1.82, 2.24) is 0 Å². The van der Waals surface area contributed by atoms with Gasteiger partial charge in [0.25, 0.3) is 0 Å². The van der Waals surface area contributed by atoms with Gasteiger partial charge in [-0.3, -0.25) is 10.1 Å². The van der Waals surface area contributed by atoms with Crippen LogP contribution in [-0.2, 0) is 0 Å². The molecule has 0 heterocycles. The molecule has 1 unspecified atom stereocenters. The van der Waals surface area contributed by atoms with Crippen LogP contribution in [0.4, 0.5) is 0 Å². The van der Waals surface area contributed by atoms with E-state index in [2.05, 4.69) is 0 Å². The minimum atomic E-state index is -0.858. The SMILES string of the molecule is CCCCC(C)(O)CC[N+](=O)[O-]. The molecule has 0 radical (unpaired) electrons. The molecule has 12 heavy (non-hydrogen) atoms. The first kappa shape index (κ1) is 11.4. The molecule has 0 amide bonds. The highest BCUT2D eigenvalue weighted by atomic mass is 16.6. The van der Waals surface area contributed by atoms with Crippen molar-refractivity contribution in [3.8, 4) is 0 Å². The third-order valence-corrected chi connectivity index (χ3v) is 1.90. The van der Waals surface area contributed by atoms with E-state index < -0.39 is 5.60 Å². The molecule has 0 rings (SSSR count). The minimum Gasteiger partial charge on any atom is -0.390 e. The molecule has 0 aliphatic carbocycles. The molecule has 0 aliphatic rings. The van der Waals surface area contributed by atoms with E-state index in [9.17, 15) is 15.2 Å². The fourth-order valence-electron chi connectivity index (χ4n) is 1.01. The Morgan fingerprint density at radius 3 is 2.50 bits per heavy atom. The van der Waals surface area contributed by atoms with Gasteiger partial charge in [-0.2, -0.15) is 0 Å². The number of nitro groups is 1. The van der Waals surface area contributed by atoms with Crippen LogP contribution in [0, 0.1) is 10.1 Å². The van der Waals surface area contributed by atoms with E-state index in [0.717, 1.165) is 12.8 Å². The third kappa shape index (κ3) is 6.09. The van der Waals surface area contributed by atoms with Crippen LogP contribution in [0.15, 0.2) is 0 Å². The molecule has 1 N–H and O–H groups in total. The van der Waals surface area contributed by atoms with Crippen molar-refractivity contribution < 1.29 is 10.0 Å². The summed E-state index contributed by atoms with van der Waals surface area (Å²) in [4.78, 5) is 9.63. The molecule has 0 aliphatic heterocycles. The van der Waals surface area contributed by atoms with Crippen LogP contribution in [0.25, 0.3) is 0 Å². The Kier molecular flexibility index (Phi) is 4.81. The zero-order valence-corrected chi connectivity index (χ0v) is 7.75. The fraction of sp³-hybridized carbons (Fsp3) is 1.00. The molecule has 72 valence electrons. The molecular weight excluding hydrogens is 158 g/mol. The average molecular weight is 175 g/mol. The van der Waals surface area contributed by atoms with Crippen LogP contribution in [0.2, 0.25) is 0 Å². The summed E-state index contributed by atoms with van der Waals surface area (Å²) in [7, 11) is 0. The number of nitrogens with zero attached hydrogens (tertiary/aromatic N) is 1. The Morgan fingerprint density at radius 2 is 2.08 bits per heavy atom. The molecule has 0 bridgehead atoms. The first-order valence-corrected chi connectivity index (χ1v) is 4.32. The molecule has 0 aromatic heterocycles. The van der Waals surface area contributed by atoms with E-state index in [4.69, 9.17) is 0 Å². The molecule has 0 aromatic carbocycles. The van der Waals surface area contributed by atoms with Gasteiger partial charge >= 0.3 is 0 Å². The van der Waals surface area contributed by atoms with Crippen molar-refractivity contribution >= 4 is 0 Å². The van der Waals surface area contributed by atoms with Gasteiger partial charge in [0, 0.05) is 11.3 Å². The van der Waals surface area contributed by atoms with Gasteiger partial charge in [-0.1, -0.05) is 19.8 Å². The predicted octanol–water partition coefficient (Wildman–Crippen LogP) is 1.59. The van der Waals surface area contributed by atoms with Crippen molar-refractivity contribution in [2.75, 3.05) is 6.54 Å². The van der Waals surface area contributed by atoms with E-state index in [1.165, 1.54) is 0 Å². The lowest BCUT2D eigenvalue weighted by Crippen LogP contribution is -2.27. The normalized spacial score (nSPS) is 15.6. The highest BCUT2D eigenvalue weighted by Gasteiger charge is 2.21. The first-order valence-electron chi connectivity index (χ1n) is 4.32. The maximum atomic E-state index is 10.0. The van der Waals surface area contributed by atoms with E-state index in [0.29, 0.717) is 6.42 Å². The Morgan fingerprint density at radius 1 is 1.50 bits per heavy atom. The number of hydrogen-bond acceptors (Lipinski definition) is 3. The monoisotopic (exact) mass is 175 g/mol. The van der Waals surface area contributed by atoms with Gasteiger partial charge in [-0.25, -0.2) is 0 Å². The number of hydrogen-bond donors (Lipinski definition) is 1. The van der Waals surface area contributed by atoms with E-state index in [1.54, 1.807) is 6.92 Å². The molecule has 1 atom stereocenters. The third-order valence-electron chi connectivity index (χ3n) is 1.90. The summed E-state index contributed by atoms with van der Waals surface area (Å²) in [5.41, 5.74) is -0.858. The highest BCUT2D eigenvalue weighted by Crippen LogP contribution is 2.17. The van der Waals surface area contributed by atoms with Crippen molar-refractivity contribution in [1.29, 1.82) is 0 Å². The largest absolute Gasteiger partial charge is 0.390 e. The first-order chi connectivity index (χ1) is 5.48. The Hall–Kier alpha value is -0.640. The summed E-state index contributed by atoms with van der Waals surface area (Å²) < 4.78 is 0. The van der Waals surface area contributed by atoms with Crippen LogP contribution >= 0.6 is 0 Å². The number of unbranched alkanes of at least 4 members (excludes halogenated alkanes) is 1. The van der Waals surface area contributed by atoms with Gasteiger partial charge in [-0.05, 0) is 13.3 Å². The van der Waals surface area contributed by atoms with Gasteiger partial charge in [0.05, 0.1) is 5.60 Å². The molecule has 0 spiro atoms. The minimum absolute atomic E-state index is 0.142. The van der Waals surface area contributed by atoms with Crippen LogP contribution < -0.4 is 0 Å². The highest BCUT2D eigenvalue weighted by molar-refractivity contribution is 4.71. The van der Waals surface area contributed by atoms with Crippen LogP contribution in [0.1, 0.15) is 39.5 Å². The fourth-order valence-corrected chi connectivity index (χ4v) is 1.01. The van der Waals surface area contributed by atoms with E-state index in [1.807, 2.05) is 6.92 Å². The van der Waals surface area contributed by atoms with Gasteiger partial charge in [0.1, 0.15) is 0 Å². The quantitative estimate of drug-likeness (QED) is 0.492. The topological polar surface area (TPSA) is 63.4 Å². The van der Waals surface area contributed by atoms with Crippen molar-refractivity contribution in [2.45, 2.75) is 45.1 Å². The Bertz CT molecular complexity index is 145. The van der Waals surface area contributed by atoms with Crippen LogP contribution in [-0.4, -0.2) is 22.2 Å². The predicted molar refractivity (Wildman–Crippen MR) is 46.6 cm³/mol. The second-order valence-electron chi connectivity index (χ2n) is 3.41. The van der Waals surface area contributed by atoms with Gasteiger partial charge in [0.2, 0.25) is 6.54 Å². The van der Waals surface area contributed by atoms with Crippen LogP contribution in [0.5, 0.6) is 0 Å². The van der Waals surface area contributed by atoms with E-state index in [-0.39, 0.29) is 17.9 Å². The molecule has 0 aromatic rings. The molecule has 0 fully saturated rings. The van der Waals surface area contributed by atoms with Gasteiger partial charge in [0.15, 0.2) is 0 Å². The molecule has 4 nitrogen and oxygen atoms in total. The summed E-state index contributed by atoms with van der Waals surface area (Å²) in [5.74, 6) is 0. The zero-order chi connectivity index (χ0) is 9.61. The Balaban J connectivity index is 3.63. The lowest BCUT2D eigenvalue weighted by atomic mass is 9.95. The standard InChI is InChI=1S/C8H17NO3/c1-3-4-5-8(2,10)6-7-9(11)12/h10H,3-7H2,1-2H3. The van der Waals surface area contributed by atoms with Gasteiger partial charge < -0.3 is 5.11 Å². The van der Waals surface area contributed by atoms with Crippen molar-refractivity contribution in [2.24, 2.45) is 0 Å². The molecule has 0 saturated carbocycles. The molecular formula is C8H17NO3. The zero-order valence-electron chi connectivity index (χ0n) is 7.75. The lowest BCUT2D eigenvalue weighted by Gasteiger charge is -2.20. The second-order valence-corrected chi connectivity index (χ2v) is 3.41. The van der Waals surface area contributed by atoms with Crippen molar-refractivity contribution in [3.63, 3.8) is 0 Å². The molecule has 4 heteroatoms. The summed E-state index contributed by atoms with van der Waals surface area (Å²) in [6, 6.07) is 0. The van der Waals surface area contributed by atoms with Crippen molar-refractivity contribution in [3.05, 3.63) is 10.1 Å². The number of aliphatic hydroxyl groups is 1. The lowest BCUT2D eigenvalue weighted by molar-refractivity contribution is -0.483. The average Bonchev–Trinajstić information content (AvgIpc) is 1.98. The summed E-state index contributed by atoms with van der Waals surface area (Å²) in [6.45, 7) is 3.55. The summed E-state index contributed by atoms with van der Waals surface area (Å²) in [6.07, 6.45) is 2.83. The van der Waals surface area contributed by atoms with Crippen LogP contribution in [0.3, 0.4) is 0 Å². The second kappa shape index (κ2) is 5.09. The number of rotatable bonds is 6. The maximum absolute atomic E-state index is 10.0. The molecule has 0 saturated heterocycles. The smallest absolute Gasteiger partial charge is 0.206 e. The summed E-state index contributed by atoms with van der Waals surface area (Å²) in [5, 5.41) is 19.6. The van der Waals surface area contributed by atoms with Gasteiger partial charge in [-0.15, -0.1) is 0 Å². The summed E-state index contributed by atoms with van der Waals surface area (Å²) >= 11 is 0. The maximum Gasteiger partial charge on any atom is 0.206 e.